The zero-order valence-electron chi connectivity index (χ0n) is 11.2. The third-order valence-corrected chi connectivity index (χ3v) is 2.72. The topological polar surface area (TPSA) is 87.7 Å². The average Bonchev–Trinajstić information content (AvgIpc) is 2.24. The van der Waals surface area contributed by atoms with Gasteiger partial charge in [0.1, 0.15) is 5.60 Å². The number of carboxylic acid groups (broad SMARTS) is 1. The Hall–Kier alpha value is -1.30. The van der Waals surface area contributed by atoms with E-state index in [1.54, 1.807) is 0 Å². The Labute approximate surface area is 107 Å². The van der Waals surface area contributed by atoms with Gasteiger partial charge in [-0.2, -0.15) is 0 Å². The minimum absolute atomic E-state index is 0.132. The van der Waals surface area contributed by atoms with E-state index in [-0.39, 0.29) is 17.8 Å². The summed E-state index contributed by atoms with van der Waals surface area (Å²) >= 11 is 0. The second kappa shape index (κ2) is 6.04. The lowest BCUT2D eigenvalue weighted by Crippen LogP contribution is -2.45. The smallest absolute Gasteiger partial charge is 0.404 e. The third-order valence-electron chi connectivity index (χ3n) is 2.72. The molecule has 0 aromatic carbocycles. The molecule has 0 spiro atoms. The molecule has 0 aromatic heterocycles. The van der Waals surface area contributed by atoms with Gasteiger partial charge in [0.05, 0.1) is 5.92 Å². The fourth-order valence-corrected chi connectivity index (χ4v) is 1.98. The first-order valence-electron chi connectivity index (χ1n) is 6.18. The van der Waals surface area contributed by atoms with Gasteiger partial charge in [-0.15, -0.1) is 0 Å². The van der Waals surface area contributed by atoms with Crippen LogP contribution in [0.25, 0.3) is 0 Å². The molecule has 1 aliphatic rings. The van der Waals surface area contributed by atoms with E-state index in [0.717, 1.165) is 6.54 Å². The number of amides is 1. The predicted molar refractivity (Wildman–Crippen MR) is 66.3 cm³/mol. The van der Waals surface area contributed by atoms with Gasteiger partial charge in [0, 0.05) is 13.1 Å². The average molecular weight is 258 g/mol. The largest absolute Gasteiger partial charge is 0.465 e. The normalized spacial score (nSPS) is 24.4. The molecule has 2 unspecified atom stereocenters. The molecule has 0 radical (unpaired) electrons. The maximum atomic E-state index is 11.9. The van der Waals surface area contributed by atoms with Crippen LogP contribution in [0.2, 0.25) is 0 Å². The number of hydrogen-bond donors (Lipinski definition) is 3. The van der Waals surface area contributed by atoms with Crippen molar-refractivity contribution in [3.8, 4) is 0 Å². The summed E-state index contributed by atoms with van der Waals surface area (Å²) in [7, 11) is 0. The summed E-state index contributed by atoms with van der Waals surface area (Å²) in [5.41, 5.74) is -0.483. The molecule has 1 heterocycles. The fraction of sp³-hybridized carbons (Fsp3) is 0.833. The predicted octanol–water partition coefficient (Wildman–Crippen LogP) is 0.821. The monoisotopic (exact) mass is 258 g/mol. The molecule has 1 amide bonds. The van der Waals surface area contributed by atoms with Gasteiger partial charge in [-0.05, 0) is 39.7 Å². The van der Waals surface area contributed by atoms with Crippen molar-refractivity contribution in [2.75, 3.05) is 19.6 Å². The maximum Gasteiger partial charge on any atom is 0.404 e. The van der Waals surface area contributed by atoms with E-state index in [1.165, 1.54) is 0 Å². The second-order valence-electron chi connectivity index (χ2n) is 5.68. The summed E-state index contributed by atoms with van der Waals surface area (Å²) in [5, 5.41) is 14.0. The molecule has 18 heavy (non-hydrogen) atoms. The van der Waals surface area contributed by atoms with E-state index in [0.29, 0.717) is 19.5 Å². The van der Waals surface area contributed by atoms with E-state index in [2.05, 4.69) is 10.6 Å². The van der Waals surface area contributed by atoms with Crippen molar-refractivity contribution >= 4 is 12.1 Å². The summed E-state index contributed by atoms with van der Waals surface area (Å²) in [5.74, 6) is -0.277. The van der Waals surface area contributed by atoms with Crippen LogP contribution in [-0.4, -0.2) is 42.4 Å². The molecule has 2 atom stereocenters. The van der Waals surface area contributed by atoms with E-state index < -0.39 is 11.7 Å². The molecule has 0 bridgehead atoms. The van der Waals surface area contributed by atoms with E-state index in [9.17, 15) is 9.59 Å². The molecular weight excluding hydrogens is 236 g/mol. The summed E-state index contributed by atoms with van der Waals surface area (Å²) in [6.07, 6.45) is -0.378. The molecule has 3 N–H and O–H groups in total. The first-order chi connectivity index (χ1) is 8.28. The number of ether oxygens (including phenoxy) is 1. The summed E-state index contributed by atoms with van der Waals surface area (Å²) in [6, 6.07) is 0. The lowest BCUT2D eigenvalue weighted by Gasteiger charge is -2.30. The van der Waals surface area contributed by atoms with E-state index in [4.69, 9.17) is 9.84 Å². The van der Waals surface area contributed by atoms with Gasteiger partial charge in [-0.25, -0.2) is 4.79 Å². The van der Waals surface area contributed by atoms with Crippen LogP contribution in [-0.2, 0) is 9.53 Å². The molecule has 0 aliphatic carbocycles. The molecular formula is C12H22N2O4. The number of esters is 1. The minimum atomic E-state index is -1.03. The maximum absolute atomic E-state index is 11.9. The van der Waals surface area contributed by atoms with Crippen molar-refractivity contribution in [2.24, 2.45) is 11.8 Å². The molecule has 1 aliphatic heterocycles. The van der Waals surface area contributed by atoms with Crippen molar-refractivity contribution in [1.82, 2.24) is 10.6 Å². The van der Waals surface area contributed by atoms with E-state index >= 15 is 0 Å². The molecule has 1 rings (SSSR count). The number of piperidine rings is 1. The van der Waals surface area contributed by atoms with Crippen LogP contribution >= 0.6 is 0 Å². The second-order valence-corrected chi connectivity index (χ2v) is 5.68. The van der Waals surface area contributed by atoms with Gasteiger partial charge in [-0.1, -0.05) is 0 Å². The Morgan fingerprint density at radius 1 is 1.39 bits per heavy atom. The number of carbonyl (C=O) groups excluding carboxylic acids is 1. The van der Waals surface area contributed by atoms with Gasteiger partial charge in [0.25, 0.3) is 0 Å². The standard InChI is InChI=1S/C12H22N2O4/c1-12(2,3)18-10(15)9-4-8(5-13-7-9)6-14-11(16)17/h8-9,13-14H,4-7H2,1-3H3,(H,16,17). The highest BCUT2D eigenvalue weighted by atomic mass is 16.6. The Morgan fingerprint density at radius 3 is 2.61 bits per heavy atom. The van der Waals surface area contributed by atoms with Gasteiger partial charge < -0.3 is 20.5 Å². The van der Waals surface area contributed by atoms with E-state index in [1.807, 2.05) is 20.8 Å². The van der Waals surface area contributed by atoms with Crippen LogP contribution in [0.4, 0.5) is 4.79 Å². The van der Waals surface area contributed by atoms with Crippen molar-refractivity contribution in [2.45, 2.75) is 32.8 Å². The lowest BCUT2D eigenvalue weighted by molar-refractivity contribution is -0.161. The summed E-state index contributed by atoms with van der Waals surface area (Å²) in [4.78, 5) is 22.3. The molecule has 6 nitrogen and oxygen atoms in total. The zero-order valence-corrected chi connectivity index (χ0v) is 11.2. The lowest BCUT2D eigenvalue weighted by atomic mass is 9.90. The summed E-state index contributed by atoms with van der Waals surface area (Å²) < 4.78 is 5.34. The molecule has 104 valence electrons. The van der Waals surface area contributed by atoms with Crippen LogP contribution in [0.15, 0.2) is 0 Å². The summed E-state index contributed by atoms with van der Waals surface area (Å²) in [6.45, 7) is 7.19. The van der Waals surface area contributed by atoms with Crippen LogP contribution in [0.3, 0.4) is 0 Å². The Kier molecular flexibility index (Phi) is 4.95. The van der Waals surface area contributed by atoms with Crippen molar-refractivity contribution < 1.29 is 19.4 Å². The van der Waals surface area contributed by atoms with Crippen LogP contribution in [0, 0.1) is 11.8 Å². The van der Waals surface area contributed by atoms with Crippen molar-refractivity contribution in [3.63, 3.8) is 0 Å². The van der Waals surface area contributed by atoms with Crippen LogP contribution in [0.1, 0.15) is 27.2 Å². The highest BCUT2D eigenvalue weighted by Gasteiger charge is 2.30. The molecule has 6 heteroatoms. The highest BCUT2D eigenvalue weighted by molar-refractivity contribution is 5.73. The fourth-order valence-electron chi connectivity index (χ4n) is 1.98. The number of rotatable bonds is 3. The minimum Gasteiger partial charge on any atom is -0.465 e. The van der Waals surface area contributed by atoms with Gasteiger partial charge in [-0.3, -0.25) is 4.79 Å². The Morgan fingerprint density at radius 2 is 2.06 bits per heavy atom. The van der Waals surface area contributed by atoms with Crippen LogP contribution < -0.4 is 10.6 Å². The molecule has 1 fully saturated rings. The first-order valence-corrected chi connectivity index (χ1v) is 6.18. The quantitative estimate of drug-likeness (QED) is 0.652. The zero-order chi connectivity index (χ0) is 13.8. The van der Waals surface area contributed by atoms with Crippen molar-refractivity contribution in [1.29, 1.82) is 0 Å². The van der Waals surface area contributed by atoms with Gasteiger partial charge in [0.2, 0.25) is 0 Å². The molecule has 0 saturated carbocycles. The van der Waals surface area contributed by atoms with Crippen LogP contribution in [0.5, 0.6) is 0 Å². The molecule has 1 saturated heterocycles. The number of carbonyl (C=O) groups is 2. The van der Waals surface area contributed by atoms with Crippen molar-refractivity contribution in [3.05, 3.63) is 0 Å². The van der Waals surface area contributed by atoms with Gasteiger partial charge in [0.15, 0.2) is 0 Å². The number of nitrogens with one attached hydrogen (secondary N) is 2. The third kappa shape index (κ3) is 5.35. The Bertz CT molecular complexity index is 312. The molecule has 0 aromatic rings. The Balaban J connectivity index is 2.43. The number of hydrogen-bond acceptors (Lipinski definition) is 4. The SMILES string of the molecule is CC(C)(C)OC(=O)C1CNCC(CNC(=O)O)C1. The highest BCUT2D eigenvalue weighted by Crippen LogP contribution is 2.20. The first kappa shape index (κ1) is 14.8. The van der Waals surface area contributed by atoms with Gasteiger partial charge >= 0.3 is 12.1 Å².